The van der Waals surface area contributed by atoms with E-state index in [1.165, 1.54) is 10.9 Å². The molecule has 6 rings (SSSR count). The van der Waals surface area contributed by atoms with E-state index >= 15 is 0 Å². The topological polar surface area (TPSA) is 170 Å². The van der Waals surface area contributed by atoms with E-state index in [0.717, 1.165) is 40.8 Å². The summed E-state index contributed by atoms with van der Waals surface area (Å²) < 4.78 is 19.5. The van der Waals surface area contributed by atoms with Crippen LogP contribution in [0.2, 0.25) is 0 Å². The summed E-state index contributed by atoms with van der Waals surface area (Å²) in [7, 11) is 0. The second-order valence-corrected chi connectivity index (χ2v) is 11.1. The number of nitrogens with one attached hydrogen (secondary N) is 1. The molecular weight excluding hydrogens is 588 g/mol. The molecule has 6 N–H and O–H groups in total. The zero-order valence-electron chi connectivity index (χ0n) is 25.3. The van der Waals surface area contributed by atoms with Crippen LogP contribution in [-0.4, -0.2) is 73.0 Å². The maximum absolute atomic E-state index is 10.8. The van der Waals surface area contributed by atoms with E-state index < -0.39 is 31.1 Å². The second kappa shape index (κ2) is 14.7. The SMILES string of the molecule is Nc1ncnc2c1nc(NCc1ccc(-c3ccccc3)c(OCCCCOCc3ccccc3)c1)n2[C@@H]1O[C@H](CO)C(O)C1O. The Kier molecular flexibility index (Phi) is 10.0. The molecule has 1 saturated heterocycles. The van der Waals surface area contributed by atoms with Gasteiger partial charge >= 0.3 is 0 Å². The quantitative estimate of drug-likeness (QED) is 0.114. The molecule has 2 unspecified atom stereocenters. The number of nitrogens with two attached hydrogens (primary N) is 1. The van der Waals surface area contributed by atoms with Crippen molar-refractivity contribution >= 4 is 22.9 Å². The van der Waals surface area contributed by atoms with E-state index in [1.807, 2.05) is 66.7 Å². The van der Waals surface area contributed by atoms with Gasteiger partial charge in [-0.1, -0.05) is 72.8 Å². The summed E-state index contributed by atoms with van der Waals surface area (Å²) in [5.41, 5.74) is 10.8. The molecule has 12 nitrogen and oxygen atoms in total. The van der Waals surface area contributed by atoms with Crippen LogP contribution in [-0.2, 0) is 22.6 Å². The first-order valence-electron chi connectivity index (χ1n) is 15.3. The highest BCUT2D eigenvalue weighted by atomic mass is 16.6. The van der Waals surface area contributed by atoms with E-state index in [1.54, 1.807) is 0 Å². The van der Waals surface area contributed by atoms with Gasteiger partial charge in [0.25, 0.3) is 0 Å². The van der Waals surface area contributed by atoms with Crippen molar-refractivity contribution in [1.82, 2.24) is 19.5 Å². The number of hydrogen-bond acceptors (Lipinski definition) is 11. The van der Waals surface area contributed by atoms with Crippen molar-refractivity contribution in [3.8, 4) is 16.9 Å². The first-order chi connectivity index (χ1) is 22.5. The number of nitrogens with zero attached hydrogens (tertiary/aromatic N) is 4. The van der Waals surface area contributed by atoms with Gasteiger partial charge in [-0.05, 0) is 35.6 Å². The van der Waals surface area contributed by atoms with Gasteiger partial charge in [-0.2, -0.15) is 0 Å². The summed E-state index contributed by atoms with van der Waals surface area (Å²) in [5.74, 6) is 1.22. The molecular formula is C34H38N6O6. The Labute approximate surface area is 266 Å². The van der Waals surface area contributed by atoms with Gasteiger partial charge in [0.15, 0.2) is 23.2 Å². The van der Waals surface area contributed by atoms with Gasteiger partial charge in [0.05, 0.1) is 19.8 Å². The molecule has 4 atom stereocenters. The fourth-order valence-electron chi connectivity index (χ4n) is 5.47. The number of rotatable bonds is 14. The third-order valence-electron chi connectivity index (χ3n) is 7.91. The van der Waals surface area contributed by atoms with Crippen LogP contribution in [0.3, 0.4) is 0 Å². The summed E-state index contributed by atoms with van der Waals surface area (Å²) in [6, 6.07) is 26.2. The Hall–Kier alpha value is -4.59. The van der Waals surface area contributed by atoms with E-state index in [-0.39, 0.29) is 5.82 Å². The zero-order chi connectivity index (χ0) is 31.9. The number of benzene rings is 3. The van der Waals surface area contributed by atoms with E-state index in [0.29, 0.717) is 43.5 Å². The summed E-state index contributed by atoms with van der Waals surface area (Å²) in [4.78, 5) is 12.9. The fourth-order valence-corrected chi connectivity index (χ4v) is 5.47. The van der Waals surface area contributed by atoms with Gasteiger partial charge in [-0.25, -0.2) is 15.0 Å². The van der Waals surface area contributed by atoms with Crippen LogP contribution in [0.1, 0.15) is 30.2 Å². The van der Waals surface area contributed by atoms with Crippen LogP contribution >= 0.6 is 0 Å². The molecule has 46 heavy (non-hydrogen) atoms. The number of imidazole rings is 1. The smallest absolute Gasteiger partial charge is 0.207 e. The molecule has 1 aliphatic heterocycles. The first kappa shape index (κ1) is 31.4. The molecule has 0 amide bonds. The molecule has 5 aromatic rings. The Bertz CT molecular complexity index is 1720. The number of aliphatic hydroxyl groups is 3. The summed E-state index contributed by atoms with van der Waals surface area (Å²) in [5, 5.41) is 34.1. The predicted octanol–water partition coefficient (Wildman–Crippen LogP) is 3.67. The molecule has 0 bridgehead atoms. The third kappa shape index (κ3) is 6.96. The third-order valence-corrected chi connectivity index (χ3v) is 7.91. The number of aromatic nitrogens is 4. The lowest BCUT2D eigenvalue weighted by atomic mass is 10.0. The standard InChI is InChI=1S/C34H38N6O6/c35-31-28-32(38-21-37-31)40(33-30(43)29(42)27(19-41)46-33)34(39-28)36-18-23-13-14-25(24-11-5-2-6-12-24)26(17-23)45-16-8-7-15-44-20-22-9-3-1-4-10-22/h1-6,9-14,17,21,27,29-30,33,41-43H,7-8,15-16,18-20H2,(H,36,39)(H2,35,37,38)/t27-,29?,30?,33-/m1/s1. The number of anilines is 2. The minimum atomic E-state index is -1.33. The van der Waals surface area contributed by atoms with Gasteiger partial charge in [-0.15, -0.1) is 0 Å². The largest absolute Gasteiger partial charge is 0.493 e. The van der Waals surface area contributed by atoms with Gasteiger partial charge < -0.3 is 40.6 Å². The fraction of sp³-hybridized carbons (Fsp3) is 0.324. The van der Waals surface area contributed by atoms with Crippen LogP contribution in [0.15, 0.2) is 85.2 Å². The monoisotopic (exact) mass is 626 g/mol. The molecule has 0 radical (unpaired) electrons. The van der Waals surface area contributed by atoms with Crippen molar-refractivity contribution in [3.05, 3.63) is 96.3 Å². The predicted molar refractivity (Wildman–Crippen MR) is 173 cm³/mol. The molecule has 0 saturated carbocycles. The molecule has 3 aromatic carbocycles. The van der Waals surface area contributed by atoms with Crippen LogP contribution < -0.4 is 15.8 Å². The number of hydrogen-bond donors (Lipinski definition) is 5. The van der Waals surface area contributed by atoms with E-state index in [4.69, 9.17) is 19.9 Å². The number of nitrogen functional groups attached to an aromatic ring is 1. The van der Waals surface area contributed by atoms with E-state index in [2.05, 4.69) is 32.4 Å². The zero-order valence-corrected chi connectivity index (χ0v) is 25.3. The molecule has 0 spiro atoms. The Balaban J connectivity index is 1.17. The maximum atomic E-state index is 10.8. The lowest BCUT2D eigenvalue weighted by Gasteiger charge is -2.20. The van der Waals surface area contributed by atoms with Crippen LogP contribution in [0.5, 0.6) is 5.75 Å². The Morgan fingerprint density at radius 1 is 0.891 bits per heavy atom. The molecule has 1 aliphatic rings. The van der Waals surface area contributed by atoms with Gasteiger partial charge in [-0.3, -0.25) is 4.57 Å². The number of ether oxygens (including phenoxy) is 3. The molecule has 240 valence electrons. The van der Waals surface area contributed by atoms with Crippen LogP contribution in [0.25, 0.3) is 22.3 Å². The number of fused-ring (bicyclic) bond motifs is 1. The highest BCUT2D eigenvalue weighted by Crippen LogP contribution is 2.36. The summed E-state index contributed by atoms with van der Waals surface area (Å²) >= 11 is 0. The van der Waals surface area contributed by atoms with Crippen molar-refractivity contribution < 1.29 is 29.5 Å². The van der Waals surface area contributed by atoms with Crippen molar-refractivity contribution in [2.24, 2.45) is 0 Å². The molecule has 12 heteroatoms. The Morgan fingerprint density at radius 2 is 1.65 bits per heavy atom. The van der Waals surface area contributed by atoms with Crippen LogP contribution in [0, 0.1) is 0 Å². The van der Waals surface area contributed by atoms with Crippen molar-refractivity contribution in [3.63, 3.8) is 0 Å². The Morgan fingerprint density at radius 3 is 2.41 bits per heavy atom. The van der Waals surface area contributed by atoms with Crippen molar-refractivity contribution in [1.29, 1.82) is 0 Å². The van der Waals surface area contributed by atoms with Crippen molar-refractivity contribution in [2.75, 3.05) is 30.9 Å². The molecule has 1 fully saturated rings. The average Bonchev–Trinajstić information content (AvgIpc) is 3.60. The number of unbranched alkanes of at least 4 members (excludes halogenated alkanes) is 1. The highest BCUT2D eigenvalue weighted by Gasteiger charge is 2.45. The minimum Gasteiger partial charge on any atom is -0.493 e. The number of aliphatic hydroxyl groups excluding tert-OH is 3. The second-order valence-electron chi connectivity index (χ2n) is 11.1. The van der Waals surface area contributed by atoms with Gasteiger partial charge in [0.2, 0.25) is 5.95 Å². The maximum Gasteiger partial charge on any atom is 0.207 e. The highest BCUT2D eigenvalue weighted by molar-refractivity contribution is 5.84. The lowest BCUT2D eigenvalue weighted by molar-refractivity contribution is -0.0501. The molecule has 3 heterocycles. The summed E-state index contributed by atoms with van der Waals surface area (Å²) in [6.45, 7) is 1.66. The first-order valence-corrected chi connectivity index (χ1v) is 15.3. The molecule has 0 aliphatic carbocycles. The van der Waals surface area contributed by atoms with Gasteiger partial charge in [0.1, 0.15) is 30.4 Å². The normalized spacial score (nSPS) is 19.5. The van der Waals surface area contributed by atoms with Gasteiger partial charge in [0, 0.05) is 18.7 Å². The summed E-state index contributed by atoms with van der Waals surface area (Å²) in [6.07, 6.45) is -1.65. The van der Waals surface area contributed by atoms with Crippen molar-refractivity contribution in [2.45, 2.75) is 50.5 Å². The molecule has 2 aromatic heterocycles. The lowest BCUT2D eigenvalue weighted by Crippen LogP contribution is -2.33. The minimum absolute atomic E-state index is 0.159. The van der Waals surface area contributed by atoms with E-state index in [9.17, 15) is 15.3 Å². The van der Waals surface area contributed by atoms with Crippen LogP contribution in [0.4, 0.5) is 11.8 Å². The average molecular weight is 627 g/mol.